The summed E-state index contributed by atoms with van der Waals surface area (Å²) < 4.78 is 44.2. The highest BCUT2D eigenvalue weighted by atomic mass is 35.5. The summed E-state index contributed by atoms with van der Waals surface area (Å²) in [6.45, 7) is 1.59. The fraction of sp³-hybridized carbons (Fsp3) is 0.200. The van der Waals surface area contributed by atoms with Crippen LogP contribution >= 0.6 is 11.6 Å². The highest BCUT2D eigenvalue weighted by Gasteiger charge is 2.33. The molecule has 21 heavy (non-hydrogen) atoms. The lowest BCUT2D eigenvalue weighted by Crippen LogP contribution is -2.11. The summed E-state index contributed by atoms with van der Waals surface area (Å²) >= 11 is 5.88. The Morgan fingerprint density at radius 2 is 1.86 bits per heavy atom. The maximum absolute atomic E-state index is 12.9. The van der Waals surface area contributed by atoms with E-state index in [-0.39, 0.29) is 17.9 Å². The molecule has 2 N–H and O–H groups in total. The summed E-state index contributed by atoms with van der Waals surface area (Å²) in [4.78, 5) is 0. The smallest absolute Gasteiger partial charge is 0.416 e. The monoisotopic (exact) mass is 315 g/mol. The second kappa shape index (κ2) is 5.85. The van der Waals surface area contributed by atoms with Crippen molar-refractivity contribution >= 4 is 17.3 Å². The van der Waals surface area contributed by atoms with Gasteiger partial charge in [-0.05, 0) is 42.8 Å². The van der Waals surface area contributed by atoms with Gasteiger partial charge < -0.3 is 10.5 Å². The Bertz CT molecular complexity index is 656. The number of alkyl halides is 3. The van der Waals surface area contributed by atoms with Crippen molar-refractivity contribution in [3.63, 3.8) is 0 Å². The summed E-state index contributed by atoms with van der Waals surface area (Å²) in [5.74, 6) is 0.460. The number of hydrogen-bond donors (Lipinski definition) is 1. The van der Waals surface area contributed by atoms with E-state index < -0.39 is 11.7 Å². The molecule has 0 bridgehead atoms. The van der Waals surface area contributed by atoms with Crippen LogP contribution in [0.3, 0.4) is 0 Å². The lowest BCUT2D eigenvalue weighted by molar-refractivity contribution is -0.138. The van der Waals surface area contributed by atoms with Gasteiger partial charge in [-0.15, -0.1) is 0 Å². The van der Waals surface area contributed by atoms with Crippen LogP contribution in [0.1, 0.15) is 16.7 Å². The summed E-state index contributed by atoms with van der Waals surface area (Å²) in [5.41, 5.74) is 5.52. The number of ether oxygens (including phenoxy) is 1. The molecule has 2 aromatic rings. The molecule has 0 heterocycles. The topological polar surface area (TPSA) is 35.2 Å². The first-order valence-electron chi connectivity index (χ1n) is 6.12. The van der Waals surface area contributed by atoms with Crippen molar-refractivity contribution in [3.05, 3.63) is 58.1 Å². The lowest BCUT2D eigenvalue weighted by Gasteiger charge is -2.14. The van der Waals surface area contributed by atoms with E-state index in [1.807, 2.05) is 0 Å². The van der Waals surface area contributed by atoms with E-state index in [1.165, 1.54) is 12.1 Å². The Labute approximate surface area is 125 Å². The fourth-order valence-electron chi connectivity index (χ4n) is 1.85. The number of anilines is 1. The molecule has 0 aliphatic rings. The molecule has 2 nitrogen and oxygen atoms in total. The maximum atomic E-state index is 12.9. The lowest BCUT2D eigenvalue weighted by atomic mass is 10.1. The minimum absolute atomic E-state index is 0.0318. The van der Waals surface area contributed by atoms with Gasteiger partial charge >= 0.3 is 6.18 Å². The summed E-state index contributed by atoms with van der Waals surface area (Å²) in [6, 6.07) is 8.57. The molecule has 2 aromatic carbocycles. The summed E-state index contributed by atoms with van der Waals surface area (Å²) in [5, 5.41) is 0.575. The third-order valence-electron chi connectivity index (χ3n) is 2.96. The van der Waals surface area contributed by atoms with Gasteiger partial charge in [0.05, 0.1) is 5.56 Å². The van der Waals surface area contributed by atoms with E-state index in [2.05, 4.69) is 0 Å². The number of benzene rings is 2. The average molecular weight is 316 g/mol. The fourth-order valence-corrected chi connectivity index (χ4v) is 1.97. The summed E-state index contributed by atoms with van der Waals surface area (Å²) in [6.07, 6.45) is -4.47. The molecule has 0 saturated heterocycles. The zero-order valence-electron chi connectivity index (χ0n) is 11.2. The van der Waals surface area contributed by atoms with Gasteiger partial charge in [0.2, 0.25) is 0 Å². The van der Waals surface area contributed by atoms with Crippen LogP contribution in [-0.2, 0) is 12.8 Å². The van der Waals surface area contributed by atoms with Crippen LogP contribution in [0, 0.1) is 6.92 Å². The minimum atomic E-state index is -4.47. The van der Waals surface area contributed by atoms with Crippen molar-refractivity contribution in [2.75, 3.05) is 5.73 Å². The first kappa shape index (κ1) is 15.5. The first-order chi connectivity index (χ1) is 9.77. The van der Waals surface area contributed by atoms with Crippen molar-refractivity contribution in [3.8, 4) is 5.75 Å². The third kappa shape index (κ3) is 3.82. The molecule has 0 aliphatic carbocycles. The number of nitrogen functional groups attached to an aromatic ring is 1. The van der Waals surface area contributed by atoms with Crippen LogP contribution in [0.4, 0.5) is 18.9 Å². The molecule has 2 rings (SSSR count). The quantitative estimate of drug-likeness (QED) is 0.823. The Hall–Kier alpha value is -1.88. The zero-order chi connectivity index (χ0) is 15.6. The van der Waals surface area contributed by atoms with Crippen LogP contribution < -0.4 is 10.5 Å². The molecule has 6 heteroatoms. The number of nitrogens with two attached hydrogens (primary N) is 1. The standard InChI is InChI=1S/C15H13ClF3NO/c1-9-6-12(4-5-14(9)16)21-8-10-2-3-11(20)7-13(10)15(17,18)19/h2-7H,8,20H2,1H3. The van der Waals surface area contributed by atoms with Gasteiger partial charge in [0, 0.05) is 16.3 Å². The highest BCUT2D eigenvalue weighted by molar-refractivity contribution is 6.31. The van der Waals surface area contributed by atoms with E-state index >= 15 is 0 Å². The van der Waals surface area contributed by atoms with Crippen LogP contribution in [0.5, 0.6) is 5.75 Å². The molecular formula is C15H13ClF3NO. The van der Waals surface area contributed by atoms with Gasteiger partial charge in [-0.25, -0.2) is 0 Å². The maximum Gasteiger partial charge on any atom is 0.416 e. The Morgan fingerprint density at radius 3 is 2.48 bits per heavy atom. The van der Waals surface area contributed by atoms with Gasteiger partial charge in [0.1, 0.15) is 12.4 Å². The number of halogens is 4. The molecule has 112 valence electrons. The van der Waals surface area contributed by atoms with E-state index in [9.17, 15) is 13.2 Å². The normalized spacial score (nSPS) is 11.5. The number of rotatable bonds is 3. The van der Waals surface area contributed by atoms with Gasteiger partial charge in [-0.2, -0.15) is 13.2 Å². The van der Waals surface area contributed by atoms with Crippen LogP contribution in [0.25, 0.3) is 0 Å². The molecule has 0 atom stereocenters. The van der Waals surface area contributed by atoms with Crippen molar-refractivity contribution in [2.45, 2.75) is 19.7 Å². The predicted octanol–water partition coefficient (Wildman–Crippen LogP) is 4.83. The van der Waals surface area contributed by atoms with Crippen LogP contribution in [0.2, 0.25) is 5.02 Å². The first-order valence-corrected chi connectivity index (χ1v) is 6.49. The summed E-state index contributed by atoms with van der Waals surface area (Å²) in [7, 11) is 0. The molecule has 0 aromatic heterocycles. The Balaban J connectivity index is 2.22. The number of aryl methyl sites for hydroxylation is 1. The van der Waals surface area contributed by atoms with Crippen molar-refractivity contribution < 1.29 is 17.9 Å². The van der Waals surface area contributed by atoms with Gasteiger partial charge in [0.25, 0.3) is 0 Å². The number of hydrogen-bond acceptors (Lipinski definition) is 2. The van der Waals surface area contributed by atoms with Gasteiger partial charge in [-0.3, -0.25) is 0 Å². The van der Waals surface area contributed by atoms with E-state index in [4.69, 9.17) is 22.1 Å². The minimum Gasteiger partial charge on any atom is -0.489 e. The third-order valence-corrected chi connectivity index (χ3v) is 3.39. The van der Waals surface area contributed by atoms with Gasteiger partial charge in [-0.1, -0.05) is 17.7 Å². The SMILES string of the molecule is Cc1cc(OCc2ccc(N)cc2C(F)(F)F)ccc1Cl. The molecular weight excluding hydrogens is 303 g/mol. The van der Waals surface area contributed by atoms with Crippen molar-refractivity contribution in [2.24, 2.45) is 0 Å². The molecule has 0 fully saturated rings. The average Bonchev–Trinajstić information content (AvgIpc) is 2.40. The molecule has 0 saturated carbocycles. The Kier molecular flexibility index (Phi) is 4.32. The van der Waals surface area contributed by atoms with Crippen LogP contribution in [0.15, 0.2) is 36.4 Å². The molecule has 0 aliphatic heterocycles. The second-order valence-corrected chi connectivity index (χ2v) is 5.02. The van der Waals surface area contributed by atoms with E-state index in [0.717, 1.165) is 11.6 Å². The van der Waals surface area contributed by atoms with E-state index in [1.54, 1.807) is 25.1 Å². The highest BCUT2D eigenvalue weighted by Crippen LogP contribution is 2.34. The van der Waals surface area contributed by atoms with Crippen molar-refractivity contribution in [1.82, 2.24) is 0 Å². The Morgan fingerprint density at radius 1 is 1.14 bits per heavy atom. The van der Waals surface area contributed by atoms with Gasteiger partial charge in [0.15, 0.2) is 0 Å². The van der Waals surface area contributed by atoms with Crippen molar-refractivity contribution in [1.29, 1.82) is 0 Å². The molecule has 0 radical (unpaired) electrons. The largest absolute Gasteiger partial charge is 0.489 e. The zero-order valence-corrected chi connectivity index (χ0v) is 11.9. The predicted molar refractivity (Wildman–Crippen MR) is 76.4 cm³/mol. The van der Waals surface area contributed by atoms with Crippen LogP contribution in [-0.4, -0.2) is 0 Å². The molecule has 0 amide bonds. The van der Waals surface area contributed by atoms with E-state index in [0.29, 0.717) is 10.8 Å². The molecule has 0 unspecified atom stereocenters. The second-order valence-electron chi connectivity index (χ2n) is 4.61. The molecule has 0 spiro atoms.